The summed E-state index contributed by atoms with van der Waals surface area (Å²) in [4.78, 5) is 34.9. The monoisotopic (exact) mass is 745 g/mol. The van der Waals surface area contributed by atoms with E-state index in [1.165, 1.54) is 25.1 Å². The zero-order valence-corrected chi connectivity index (χ0v) is 31.2. The highest BCUT2D eigenvalue weighted by Crippen LogP contribution is 2.38. The molecule has 5 aromatic rings. The van der Waals surface area contributed by atoms with Gasteiger partial charge in [-0.1, -0.05) is 88.9 Å². The number of aromatic hydroxyl groups is 1. The van der Waals surface area contributed by atoms with Gasteiger partial charge in [0.2, 0.25) is 5.88 Å². The van der Waals surface area contributed by atoms with Crippen LogP contribution in [-0.4, -0.2) is 38.7 Å². The molecule has 4 N–H and O–H groups in total. The molecule has 0 spiro atoms. The molecule has 1 fully saturated rings. The number of aromatic nitrogens is 2. The first kappa shape index (κ1) is 37.8. The number of nitrogens with one attached hydrogen (secondary N) is 1. The molecule has 0 aliphatic carbocycles. The molecule has 3 heterocycles. The molecule has 0 unspecified atom stereocenters. The molecular formula is C40H40Cl3N4O4+. The molecule has 8 nitrogen and oxygen atoms in total. The predicted molar refractivity (Wildman–Crippen MR) is 206 cm³/mol. The summed E-state index contributed by atoms with van der Waals surface area (Å²) >= 11 is 18.1. The summed E-state index contributed by atoms with van der Waals surface area (Å²) in [6, 6.07) is 23.5. The number of hydrogen-bond acceptors (Lipinski definition) is 5. The maximum Gasteiger partial charge on any atom is 0.278 e. The number of carbonyl (C=O) groups excluding carboxylic acids is 2. The minimum Gasteiger partial charge on any atom is -0.493 e. The Hall–Kier alpha value is -4.40. The van der Waals surface area contributed by atoms with Gasteiger partial charge in [0, 0.05) is 42.2 Å². The van der Waals surface area contributed by atoms with Gasteiger partial charge in [0.1, 0.15) is 17.1 Å². The maximum atomic E-state index is 12.7. The van der Waals surface area contributed by atoms with Crippen molar-refractivity contribution in [3.8, 4) is 39.3 Å². The lowest BCUT2D eigenvalue weighted by atomic mass is 9.96. The fraction of sp³-hybridized carbons (Fsp3) is 0.250. The minimum atomic E-state index is -0.863. The molecule has 11 heteroatoms. The minimum absolute atomic E-state index is 0.0322. The highest BCUT2D eigenvalue weighted by Gasteiger charge is 2.25. The first-order valence-corrected chi connectivity index (χ1v) is 17.8. The van der Waals surface area contributed by atoms with Gasteiger partial charge in [0.25, 0.3) is 10.8 Å². The molecule has 0 radical (unpaired) electrons. The summed E-state index contributed by atoms with van der Waals surface area (Å²) in [6.45, 7) is 11.5. The summed E-state index contributed by atoms with van der Waals surface area (Å²) in [5, 5.41) is 10.5. The molecular weight excluding hydrogens is 707 g/mol. The van der Waals surface area contributed by atoms with Gasteiger partial charge in [0.15, 0.2) is 0 Å². The number of quaternary nitrogens is 1. The highest BCUT2D eigenvalue weighted by atomic mass is 35.5. The van der Waals surface area contributed by atoms with Crippen LogP contribution in [0.5, 0.6) is 5.88 Å². The van der Waals surface area contributed by atoms with E-state index in [0.717, 1.165) is 39.8 Å². The largest absolute Gasteiger partial charge is 0.493 e. The molecule has 1 aromatic heterocycles. The number of nitrogens with two attached hydrogens (primary N) is 1. The Morgan fingerprint density at radius 3 is 1.92 bits per heavy atom. The number of allylic oxidation sites excluding steroid dienone is 1. The van der Waals surface area contributed by atoms with Gasteiger partial charge >= 0.3 is 0 Å². The second-order valence-electron chi connectivity index (χ2n) is 12.7. The van der Waals surface area contributed by atoms with E-state index >= 15 is 0 Å². The number of halogens is 3. The standard InChI is InChI=1S/C20H19ClN2O2.C17H12Cl2O2.C3H8N2/c1-12-4-6-14(7-5-12)16-10-13(2)15(11-17(16)21)18-19(24)22-8-3-9-23(22)20(18)25;1-10-3-5-12(6-4-10)13-7-11(2)16(15(18)8-13)14(9-20)17(19)21;1-2-4-5-3-1/h4-7,10-11,24H,3,8-9H2,1-2H3;3-8H,1-2H3;4-5H,1-3H2/p+1. The second-order valence-corrected chi connectivity index (χ2v) is 13.8. The lowest BCUT2D eigenvalue weighted by Gasteiger charge is -2.11. The van der Waals surface area contributed by atoms with Crippen LogP contribution in [0.3, 0.4) is 0 Å². The fourth-order valence-electron chi connectivity index (χ4n) is 6.21. The van der Waals surface area contributed by atoms with Crippen LogP contribution in [0, 0.1) is 27.7 Å². The SMILES string of the molecule is C1CN[NH2+]C1.Cc1ccc(-c2cc(C)c(-c3c(O)n4n(c3=O)CCC4)cc2Cl)cc1.Cc1ccc(-c2cc(C)c(C(=C=O)C(=O)Cl)c(Cl)c2)cc1. The third kappa shape index (κ3) is 8.57. The Kier molecular flexibility index (Phi) is 12.4. The van der Waals surface area contributed by atoms with Gasteiger partial charge < -0.3 is 5.11 Å². The van der Waals surface area contributed by atoms with Crippen molar-refractivity contribution >= 4 is 51.6 Å². The third-order valence-corrected chi connectivity index (χ3v) is 9.73. The van der Waals surface area contributed by atoms with Crippen molar-refractivity contribution in [1.29, 1.82) is 0 Å². The fourth-order valence-corrected chi connectivity index (χ4v) is 6.98. The Bertz CT molecular complexity index is 2150. The van der Waals surface area contributed by atoms with E-state index in [4.69, 9.17) is 34.8 Å². The lowest BCUT2D eigenvalue weighted by molar-refractivity contribution is -0.691. The van der Waals surface area contributed by atoms with E-state index in [-0.39, 0.29) is 17.0 Å². The Morgan fingerprint density at radius 2 is 1.41 bits per heavy atom. The van der Waals surface area contributed by atoms with Gasteiger partial charge in [0.05, 0.1) is 11.6 Å². The van der Waals surface area contributed by atoms with Crippen molar-refractivity contribution in [2.75, 3.05) is 13.1 Å². The molecule has 0 saturated carbocycles. The van der Waals surface area contributed by atoms with Crippen molar-refractivity contribution in [3.05, 3.63) is 121 Å². The molecule has 0 amide bonds. The zero-order chi connectivity index (χ0) is 36.8. The first-order valence-electron chi connectivity index (χ1n) is 16.7. The Balaban J connectivity index is 0.000000176. The molecule has 4 aromatic carbocycles. The van der Waals surface area contributed by atoms with Crippen LogP contribution >= 0.6 is 34.8 Å². The molecule has 2 aliphatic heterocycles. The number of fused-ring (bicyclic) bond motifs is 1. The Morgan fingerprint density at radius 1 is 0.784 bits per heavy atom. The van der Waals surface area contributed by atoms with Crippen LogP contribution in [0.4, 0.5) is 0 Å². The predicted octanol–water partition coefficient (Wildman–Crippen LogP) is 7.43. The van der Waals surface area contributed by atoms with Crippen molar-refractivity contribution in [1.82, 2.24) is 14.8 Å². The number of benzene rings is 4. The van der Waals surface area contributed by atoms with Crippen LogP contribution < -0.4 is 16.4 Å². The third-order valence-electron chi connectivity index (χ3n) is 8.93. The van der Waals surface area contributed by atoms with Crippen molar-refractivity contribution < 1.29 is 20.1 Å². The van der Waals surface area contributed by atoms with Crippen molar-refractivity contribution in [3.63, 3.8) is 0 Å². The van der Waals surface area contributed by atoms with Crippen molar-refractivity contribution in [2.24, 2.45) is 0 Å². The van der Waals surface area contributed by atoms with E-state index < -0.39 is 5.24 Å². The summed E-state index contributed by atoms with van der Waals surface area (Å²) in [6.07, 6.45) is 2.20. The van der Waals surface area contributed by atoms with Crippen molar-refractivity contribution in [2.45, 2.75) is 53.6 Å². The molecule has 0 atom stereocenters. The van der Waals surface area contributed by atoms with Gasteiger partial charge in [-0.3, -0.25) is 19.7 Å². The number of nitrogens with zero attached hydrogens (tertiary/aromatic N) is 2. The number of aryl methyl sites for hydroxylation is 4. The molecule has 7 rings (SSSR count). The van der Waals surface area contributed by atoms with Crippen LogP contribution in [0.15, 0.2) is 77.6 Å². The summed E-state index contributed by atoms with van der Waals surface area (Å²) in [5.41, 5.74) is 14.0. The topological polar surface area (TPSA) is 110 Å². The Labute approximate surface area is 312 Å². The lowest BCUT2D eigenvalue weighted by Crippen LogP contribution is -2.89. The molecule has 51 heavy (non-hydrogen) atoms. The summed E-state index contributed by atoms with van der Waals surface area (Å²) in [7, 11) is 0. The quantitative estimate of drug-likeness (QED) is 0.0751. The molecule has 1 saturated heterocycles. The van der Waals surface area contributed by atoms with Gasteiger partial charge in [-0.25, -0.2) is 9.48 Å². The van der Waals surface area contributed by atoms with E-state index in [0.29, 0.717) is 45.4 Å². The zero-order valence-electron chi connectivity index (χ0n) is 28.9. The van der Waals surface area contributed by atoms with Gasteiger partial charge in [-0.2, -0.15) is 5.43 Å². The van der Waals surface area contributed by atoms with Crippen LogP contribution in [0.1, 0.15) is 40.7 Å². The summed E-state index contributed by atoms with van der Waals surface area (Å²) < 4.78 is 3.25. The first-order chi connectivity index (χ1) is 24.4. The van der Waals surface area contributed by atoms with E-state index in [1.807, 2.05) is 81.4 Å². The van der Waals surface area contributed by atoms with E-state index in [1.54, 1.807) is 34.4 Å². The average molecular weight is 747 g/mol. The maximum absolute atomic E-state index is 12.7. The second kappa shape index (κ2) is 16.7. The highest BCUT2D eigenvalue weighted by molar-refractivity contribution is 6.76. The molecule has 2 aliphatic rings. The van der Waals surface area contributed by atoms with Gasteiger partial charge in [-0.05, 0) is 97.3 Å². The van der Waals surface area contributed by atoms with E-state index in [9.17, 15) is 19.5 Å². The van der Waals surface area contributed by atoms with Crippen LogP contribution in [-0.2, 0) is 22.7 Å². The van der Waals surface area contributed by atoms with Crippen LogP contribution in [0.2, 0.25) is 10.0 Å². The van der Waals surface area contributed by atoms with Gasteiger partial charge in [-0.15, -0.1) is 0 Å². The number of hydrogen-bond donors (Lipinski definition) is 3. The van der Waals surface area contributed by atoms with E-state index in [2.05, 4.69) is 10.9 Å². The smallest absolute Gasteiger partial charge is 0.278 e. The van der Waals surface area contributed by atoms with Crippen LogP contribution in [0.25, 0.3) is 39.0 Å². The molecule has 264 valence electrons. The molecule has 0 bridgehead atoms. The number of carbonyl (C=O) groups is 1. The summed E-state index contributed by atoms with van der Waals surface area (Å²) in [5.74, 6) is 1.60. The number of rotatable bonds is 5. The normalized spacial score (nSPS) is 13.0. The average Bonchev–Trinajstić information content (AvgIpc) is 3.88.